The van der Waals surface area contributed by atoms with Gasteiger partial charge in [-0.25, -0.2) is 0 Å². The number of ether oxygens (including phenoxy) is 5. The molecule has 1 aliphatic rings. The van der Waals surface area contributed by atoms with E-state index in [-0.39, 0.29) is 12.6 Å². The molecule has 7 nitrogen and oxygen atoms in total. The number of hydrogen-bond acceptors (Lipinski definition) is 7. The molecule has 4 aromatic rings. The lowest BCUT2D eigenvalue weighted by molar-refractivity contribution is -0.168. The second-order valence-corrected chi connectivity index (χ2v) is 11.4. The van der Waals surface area contributed by atoms with Gasteiger partial charge in [-0.1, -0.05) is 121 Å². The van der Waals surface area contributed by atoms with E-state index in [1.54, 1.807) is 0 Å². The molecule has 0 amide bonds. The lowest BCUT2D eigenvalue weighted by Crippen LogP contribution is -2.52. The van der Waals surface area contributed by atoms with E-state index in [9.17, 15) is 4.79 Å². The Kier molecular flexibility index (Phi) is 12.3. The molecule has 0 heterocycles. The second-order valence-electron chi connectivity index (χ2n) is 11.4. The van der Waals surface area contributed by atoms with Crippen molar-refractivity contribution in [3.63, 3.8) is 0 Å². The minimum atomic E-state index is -0.697. The number of carbonyl (C=O) groups is 1. The highest BCUT2D eigenvalue weighted by Gasteiger charge is 2.51. The van der Waals surface area contributed by atoms with Crippen molar-refractivity contribution in [1.82, 2.24) is 5.32 Å². The summed E-state index contributed by atoms with van der Waals surface area (Å²) < 4.78 is 31.4. The molecule has 0 unspecified atom stereocenters. The Labute approximate surface area is 266 Å². The molecular weight excluding hydrogens is 566 g/mol. The first-order valence-corrected chi connectivity index (χ1v) is 15.6. The van der Waals surface area contributed by atoms with Gasteiger partial charge in [-0.15, -0.1) is 0 Å². The topological polar surface area (TPSA) is 75.3 Å². The number of hydrogen-bond donors (Lipinski definition) is 1. The molecule has 0 aromatic heterocycles. The molecule has 0 bridgehead atoms. The maximum atomic E-state index is 12.6. The molecule has 236 valence electrons. The molecule has 45 heavy (non-hydrogen) atoms. The fourth-order valence-corrected chi connectivity index (χ4v) is 5.22. The largest absolute Gasteiger partial charge is 0.468 e. The summed E-state index contributed by atoms with van der Waals surface area (Å²) in [7, 11) is 1.43. The zero-order valence-corrected chi connectivity index (χ0v) is 25.9. The first-order valence-electron chi connectivity index (χ1n) is 15.6. The molecule has 1 N–H and O–H groups in total. The molecule has 0 aliphatic heterocycles. The van der Waals surface area contributed by atoms with Gasteiger partial charge in [-0.3, -0.25) is 10.1 Å². The van der Waals surface area contributed by atoms with Crippen molar-refractivity contribution in [1.29, 1.82) is 0 Å². The van der Waals surface area contributed by atoms with Crippen LogP contribution in [-0.2, 0) is 54.9 Å². The van der Waals surface area contributed by atoms with Crippen molar-refractivity contribution in [3.05, 3.63) is 144 Å². The highest BCUT2D eigenvalue weighted by molar-refractivity contribution is 5.84. The molecule has 0 radical (unpaired) electrons. The van der Waals surface area contributed by atoms with Crippen LogP contribution in [0.4, 0.5) is 0 Å². The smallest absolute Gasteiger partial charge is 0.326 e. The number of carbonyl (C=O) groups excluding carboxylic acids is 1. The number of esters is 1. The summed E-state index contributed by atoms with van der Waals surface area (Å²) in [5.74, 6) is -0.255. The van der Waals surface area contributed by atoms with Gasteiger partial charge in [0.15, 0.2) is 0 Å². The molecule has 1 aliphatic carbocycles. The Balaban J connectivity index is 1.41. The van der Waals surface area contributed by atoms with E-state index in [1.807, 2.05) is 121 Å². The van der Waals surface area contributed by atoms with Crippen molar-refractivity contribution < 1.29 is 28.5 Å². The van der Waals surface area contributed by atoms with Crippen LogP contribution in [-0.4, -0.2) is 50.1 Å². The van der Waals surface area contributed by atoms with E-state index >= 15 is 0 Å². The normalized spacial score (nSPS) is 15.6. The predicted octanol–water partition coefficient (Wildman–Crippen LogP) is 6.25. The quantitative estimate of drug-likeness (QED) is 0.126. The number of rotatable bonds is 19. The fourth-order valence-electron chi connectivity index (χ4n) is 5.22. The van der Waals surface area contributed by atoms with E-state index in [0.717, 1.165) is 35.1 Å². The third-order valence-corrected chi connectivity index (χ3v) is 7.99. The Morgan fingerprint density at radius 2 is 1.04 bits per heavy atom. The van der Waals surface area contributed by atoms with E-state index in [4.69, 9.17) is 23.7 Å². The molecule has 1 saturated carbocycles. The van der Waals surface area contributed by atoms with Crippen LogP contribution in [0.25, 0.3) is 0 Å². The first kappa shape index (κ1) is 32.5. The highest BCUT2D eigenvalue weighted by atomic mass is 16.6. The van der Waals surface area contributed by atoms with Crippen LogP contribution in [0.15, 0.2) is 121 Å². The van der Waals surface area contributed by atoms with Gasteiger partial charge >= 0.3 is 5.97 Å². The third kappa shape index (κ3) is 10.1. The summed E-state index contributed by atoms with van der Waals surface area (Å²) in [5.41, 5.74) is 3.51. The summed E-state index contributed by atoms with van der Waals surface area (Å²) in [6.07, 6.45) is -0.0521. The molecule has 5 rings (SSSR count). The zero-order chi connectivity index (χ0) is 31.2. The van der Waals surface area contributed by atoms with Gasteiger partial charge in [0.25, 0.3) is 0 Å². The van der Waals surface area contributed by atoms with E-state index in [0.29, 0.717) is 33.0 Å². The van der Waals surface area contributed by atoms with Gasteiger partial charge in [0.2, 0.25) is 0 Å². The van der Waals surface area contributed by atoms with E-state index in [2.05, 4.69) is 5.32 Å². The van der Waals surface area contributed by atoms with Crippen LogP contribution in [0.5, 0.6) is 0 Å². The third-order valence-electron chi connectivity index (χ3n) is 7.99. The fraction of sp³-hybridized carbons (Fsp3) is 0.342. The van der Waals surface area contributed by atoms with Gasteiger partial charge in [-0.2, -0.15) is 0 Å². The summed E-state index contributed by atoms with van der Waals surface area (Å²) in [6, 6.07) is 40.3. The molecule has 0 saturated heterocycles. The number of methoxy groups -OCH3 is 1. The van der Waals surface area contributed by atoms with Crippen LogP contribution >= 0.6 is 0 Å². The molecule has 0 spiro atoms. The molecule has 4 aromatic carbocycles. The summed E-state index contributed by atoms with van der Waals surface area (Å²) >= 11 is 0. The summed E-state index contributed by atoms with van der Waals surface area (Å²) in [4.78, 5) is 12.6. The maximum Gasteiger partial charge on any atom is 0.326 e. The Bertz CT molecular complexity index is 1400. The SMILES string of the molecule is COC(=O)C1(NC[C@H](OCc2ccccc2)[C@H](OCc2ccccc2)[C@@H](COCc2ccccc2)OCc2ccccc2)CC1. The molecular formula is C38H43NO6. The van der Waals surface area contributed by atoms with Crippen LogP contribution in [0, 0.1) is 0 Å². The maximum absolute atomic E-state index is 12.6. The predicted molar refractivity (Wildman–Crippen MR) is 173 cm³/mol. The second kappa shape index (κ2) is 17.0. The zero-order valence-electron chi connectivity index (χ0n) is 25.9. The van der Waals surface area contributed by atoms with E-state index < -0.39 is 23.9 Å². The first-order chi connectivity index (χ1) is 22.1. The minimum Gasteiger partial charge on any atom is -0.468 e. The van der Waals surface area contributed by atoms with Gasteiger partial charge in [0.1, 0.15) is 17.7 Å². The lowest BCUT2D eigenvalue weighted by Gasteiger charge is -2.34. The van der Waals surface area contributed by atoms with Gasteiger partial charge in [0, 0.05) is 6.54 Å². The molecule has 1 fully saturated rings. The standard InChI is InChI=1S/C38H43NO6/c1-41-37(40)38(22-23-38)39-24-34(43-26-31-16-8-3-9-17-31)36(45-28-33-20-12-5-13-21-33)35(44-27-32-18-10-4-11-19-32)29-42-25-30-14-6-2-7-15-30/h2-21,34-36,39H,22-29H2,1H3/t34-,35+,36-/m0/s1. The lowest BCUT2D eigenvalue weighted by atomic mass is 10.1. The van der Waals surface area contributed by atoms with Gasteiger partial charge in [0.05, 0.1) is 46.2 Å². The average molecular weight is 610 g/mol. The van der Waals surface area contributed by atoms with E-state index in [1.165, 1.54) is 7.11 Å². The highest BCUT2D eigenvalue weighted by Crippen LogP contribution is 2.36. The van der Waals surface area contributed by atoms with Crippen molar-refractivity contribution in [2.24, 2.45) is 0 Å². The van der Waals surface area contributed by atoms with Crippen LogP contribution in [0.3, 0.4) is 0 Å². The van der Waals surface area contributed by atoms with Crippen LogP contribution in [0.2, 0.25) is 0 Å². The summed E-state index contributed by atoms with van der Waals surface area (Å²) in [6.45, 7) is 2.22. The van der Waals surface area contributed by atoms with Crippen molar-refractivity contribution in [2.45, 2.75) is 63.1 Å². The number of nitrogens with one attached hydrogen (secondary N) is 1. The minimum absolute atomic E-state index is 0.255. The Morgan fingerprint density at radius 1 is 0.622 bits per heavy atom. The van der Waals surface area contributed by atoms with Crippen LogP contribution < -0.4 is 5.32 Å². The Morgan fingerprint density at radius 3 is 1.49 bits per heavy atom. The van der Waals surface area contributed by atoms with Crippen molar-refractivity contribution in [2.75, 3.05) is 20.3 Å². The Hall–Kier alpha value is -3.85. The van der Waals surface area contributed by atoms with Crippen molar-refractivity contribution in [3.8, 4) is 0 Å². The number of benzene rings is 4. The monoisotopic (exact) mass is 609 g/mol. The van der Waals surface area contributed by atoms with Crippen LogP contribution in [0.1, 0.15) is 35.1 Å². The summed E-state index contributed by atoms with van der Waals surface area (Å²) in [5, 5.41) is 3.47. The van der Waals surface area contributed by atoms with Gasteiger partial charge in [-0.05, 0) is 35.1 Å². The molecule has 7 heteroatoms. The average Bonchev–Trinajstić information content (AvgIpc) is 3.90. The van der Waals surface area contributed by atoms with Crippen molar-refractivity contribution >= 4 is 5.97 Å². The molecule has 3 atom stereocenters. The van der Waals surface area contributed by atoms with Gasteiger partial charge < -0.3 is 23.7 Å².